The van der Waals surface area contributed by atoms with Crippen LogP contribution in [-0.4, -0.2) is 23.7 Å². The maximum atomic E-state index is 7.44. The molecule has 0 saturated carbocycles. The van der Waals surface area contributed by atoms with E-state index in [0.717, 1.165) is 19.5 Å². The molecule has 92 valence electrons. The van der Waals surface area contributed by atoms with Crippen LogP contribution >= 0.6 is 0 Å². The lowest BCUT2D eigenvalue weighted by atomic mass is 10.1. The predicted molar refractivity (Wildman–Crippen MR) is 73.1 cm³/mol. The van der Waals surface area contributed by atoms with Crippen LogP contribution in [0.1, 0.15) is 47.5 Å². The van der Waals surface area contributed by atoms with Crippen LogP contribution in [0.3, 0.4) is 0 Å². The lowest BCUT2D eigenvalue weighted by Crippen LogP contribution is -2.24. The van der Waals surface area contributed by atoms with Crippen molar-refractivity contribution >= 4 is 5.71 Å². The second-order valence-corrected chi connectivity index (χ2v) is 4.13. The van der Waals surface area contributed by atoms with Crippen molar-refractivity contribution in [3.8, 4) is 0 Å². The molecule has 0 bridgehead atoms. The number of nitrogens with zero attached hydrogens (tertiary/aromatic N) is 1. The fraction of sp³-hybridized carbons (Fsp3) is 0.643. The zero-order valence-corrected chi connectivity index (χ0v) is 11.4. The average molecular weight is 222 g/mol. The molecule has 2 heteroatoms. The zero-order valence-electron chi connectivity index (χ0n) is 11.4. The first kappa shape index (κ1) is 14.9. The molecule has 16 heavy (non-hydrogen) atoms. The molecule has 0 unspecified atom stereocenters. The van der Waals surface area contributed by atoms with Crippen LogP contribution in [0.15, 0.2) is 23.4 Å². The van der Waals surface area contributed by atoms with Gasteiger partial charge in [0.25, 0.3) is 0 Å². The maximum absolute atomic E-state index is 7.44. The molecule has 0 atom stereocenters. The van der Waals surface area contributed by atoms with E-state index in [4.69, 9.17) is 5.41 Å². The van der Waals surface area contributed by atoms with Gasteiger partial charge >= 0.3 is 0 Å². The molecule has 0 amide bonds. The Morgan fingerprint density at radius 1 is 1.25 bits per heavy atom. The fourth-order valence-electron chi connectivity index (χ4n) is 1.79. The summed E-state index contributed by atoms with van der Waals surface area (Å²) in [6, 6.07) is 0. The van der Waals surface area contributed by atoms with Gasteiger partial charge in [0.05, 0.1) is 0 Å². The van der Waals surface area contributed by atoms with Gasteiger partial charge < -0.3 is 10.3 Å². The van der Waals surface area contributed by atoms with Gasteiger partial charge in [-0.2, -0.15) is 0 Å². The average Bonchev–Trinajstić information content (AvgIpc) is 2.26. The van der Waals surface area contributed by atoms with E-state index in [1.165, 1.54) is 17.7 Å². The Morgan fingerprint density at radius 2 is 1.88 bits per heavy atom. The van der Waals surface area contributed by atoms with Crippen molar-refractivity contribution in [2.75, 3.05) is 13.1 Å². The topological polar surface area (TPSA) is 27.1 Å². The largest absolute Gasteiger partial charge is 0.372 e. The smallest absolute Gasteiger partial charge is 0.0349 e. The normalized spacial score (nSPS) is 12.8. The summed E-state index contributed by atoms with van der Waals surface area (Å²) in [7, 11) is 0. The van der Waals surface area contributed by atoms with E-state index >= 15 is 0 Å². The van der Waals surface area contributed by atoms with E-state index in [2.05, 4.69) is 44.7 Å². The summed E-state index contributed by atoms with van der Waals surface area (Å²) in [5.74, 6) is 0. The van der Waals surface area contributed by atoms with Crippen LogP contribution in [-0.2, 0) is 0 Å². The monoisotopic (exact) mass is 222 g/mol. The predicted octanol–water partition coefficient (Wildman–Crippen LogP) is 4.00. The minimum atomic E-state index is 0.716. The highest BCUT2D eigenvalue weighted by Gasteiger charge is 2.07. The van der Waals surface area contributed by atoms with Crippen molar-refractivity contribution in [3.63, 3.8) is 0 Å². The third kappa shape index (κ3) is 5.15. The molecule has 0 aliphatic carbocycles. The number of hydrogen-bond acceptors (Lipinski definition) is 2. The van der Waals surface area contributed by atoms with Gasteiger partial charge in [0.2, 0.25) is 0 Å². The SMILES string of the molecule is CC=C(/C(C)=C/CC(C)=N)N(CC)CCC. The Kier molecular flexibility index (Phi) is 7.61. The molecule has 0 rings (SSSR count). The van der Waals surface area contributed by atoms with Crippen LogP contribution in [0.4, 0.5) is 0 Å². The molecule has 0 aromatic rings. The number of rotatable bonds is 7. The Bertz CT molecular complexity index is 274. The highest BCUT2D eigenvalue weighted by Crippen LogP contribution is 2.16. The summed E-state index contributed by atoms with van der Waals surface area (Å²) in [6.45, 7) is 12.6. The summed E-state index contributed by atoms with van der Waals surface area (Å²) in [5.41, 5.74) is 3.31. The van der Waals surface area contributed by atoms with Gasteiger partial charge in [-0.15, -0.1) is 0 Å². The minimum absolute atomic E-state index is 0.716. The fourth-order valence-corrected chi connectivity index (χ4v) is 1.79. The van der Waals surface area contributed by atoms with E-state index in [1.54, 1.807) is 0 Å². The van der Waals surface area contributed by atoms with E-state index in [0.29, 0.717) is 5.71 Å². The van der Waals surface area contributed by atoms with Crippen molar-refractivity contribution in [1.82, 2.24) is 4.90 Å². The summed E-state index contributed by atoms with van der Waals surface area (Å²) >= 11 is 0. The van der Waals surface area contributed by atoms with Crippen molar-refractivity contribution in [2.24, 2.45) is 0 Å². The number of likely N-dealkylation sites (N-methyl/N-ethyl adjacent to an activating group) is 1. The molecule has 0 aromatic carbocycles. The molecule has 0 fully saturated rings. The van der Waals surface area contributed by atoms with Crippen LogP contribution < -0.4 is 0 Å². The van der Waals surface area contributed by atoms with Crippen LogP contribution in [0.25, 0.3) is 0 Å². The van der Waals surface area contributed by atoms with Crippen molar-refractivity contribution in [3.05, 3.63) is 23.4 Å². The van der Waals surface area contributed by atoms with Gasteiger partial charge in [-0.05, 0) is 39.7 Å². The van der Waals surface area contributed by atoms with E-state index in [1.807, 2.05) is 6.92 Å². The third-order valence-electron chi connectivity index (χ3n) is 2.61. The molecule has 0 saturated heterocycles. The molecular weight excluding hydrogens is 196 g/mol. The van der Waals surface area contributed by atoms with Gasteiger partial charge in [-0.25, -0.2) is 0 Å². The zero-order chi connectivity index (χ0) is 12.6. The highest BCUT2D eigenvalue weighted by molar-refractivity contribution is 5.80. The molecule has 0 spiro atoms. The molecule has 0 aliphatic heterocycles. The standard InChI is InChI=1S/C14H26N2/c1-6-11-16(8-3)14(7-2)12(4)9-10-13(5)15/h7,9,15H,6,8,10-11H2,1-5H3/b12-9+,14-7?,15-13?. The second kappa shape index (κ2) is 8.14. The molecule has 0 aromatic heterocycles. The summed E-state index contributed by atoms with van der Waals surface area (Å²) in [6.07, 6.45) is 6.25. The lowest BCUT2D eigenvalue weighted by Gasteiger charge is -2.26. The van der Waals surface area contributed by atoms with Gasteiger partial charge in [0.1, 0.15) is 0 Å². The van der Waals surface area contributed by atoms with Crippen molar-refractivity contribution < 1.29 is 0 Å². The first-order chi connectivity index (χ1) is 7.56. The second-order valence-electron chi connectivity index (χ2n) is 4.13. The molecular formula is C14H26N2. The van der Waals surface area contributed by atoms with Gasteiger partial charge in [0, 0.05) is 30.9 Å². The molecule has 2 nitrogen and oxygen atoms in total. The van der Waals surface area contributed by atoms with Crippen LogP contribution in [0.5, 0.6) is 0 Å². The number of hydrogen-bond donors (Lipinski definition) is 1. The Balaban J connectivity index is 4.70. The number of allylic oxidation sites excluding steroid dienone is 3. The van der Waals surface area contributed by atoms with Gasteiger partial charge in [-0.3, -0.25) is 0 Å². The summed E-state index contributed by atoms with van der Waals surface area (Å²) < 4.78 is 0. The summed E-state index contributed by atoms with van der Waals surface area (Å²) in [5, 5.41) is 7.44. The summed E-state index contributed by atoms with van der Waals surface area (Å²) in [4.78, 5) is 2.39. The lowest BCUT2D eigenvalue weighted by molar-refractivity contribution is 0.368. The van der Waals surface area contributed by atoms with Crippen molar-refractivity contribution in [2.45, 2.75) is 47.5 Å². The Hall–Kier alpha value is -1.05. The molecule has 0 radical (unpaired) electrons. The maximum Gasteiger partial charge on any atom is 0.0349 e. The first-order valence-electron chi connectivity index (χ1n) is 6.19. The van der Waals surface area contributed by atoms with Crippen LogP contribution in [0, 0.1) is 5.41 Å². The minimum Gasteiger partial charge on any atom is -0.372 e. The quantitative estimate of drug-likeness (QED) is 0.511. The Labute approximate surface area is 101 Å². The van der Waals surface area contributed by atoms with E-state index in [-0.39, 0.29) is 0 Å². The number of nitrogens with one attached hydrogen (secondary N) is 1. The molecule has 0 aliphatic rings. The third-order valence-corrected chi connectivity index (χ3v) is 2.61. The first-order valence-corrected chi connectivity index (χ1v) is 6.19. The Morgan fingerprint density at radius 3 is 2.25 bits per heavy atom. The van der Waals surface area contributed by atoms with Crippen LogP contribution in [0.2, 0.25) is 0 Å². The molecule has 1 N–H and O–H groups in total. The van der Waals surface area contributed by atoms with Gasteiger partial charge in [0.15, 0.2) is 0 Å². The van der Waals surface area contributed by atoms with Gasteiger partial charge in [-0.1, -0.05) is 19.1 Å². The van der Waals surface area contributed by atoms with Crippen molar-refractivity contribution in [1.29, 1.82) is 5.41 Å². The highest BCUT2D eigenvalue weighted by atomic mass is 15.1. The molecule has 0 heterocycles. The van der Waals surface area contributed by atoms with E-state index < -0.39 is 0 Å². The van der Waals surface area contributed by atoms with E-state index in [9.17, 15) is 0 Å².